The molecule has 0 aromatic carbocycles. The van der Waals surface area contributed by atoms with E-state index in [1.807, 2.05) is 17.8 Å². The lowest BCUT2D eigenvalue weighted by atomic mass is 10.7. The summed E-state index contributed by atoms with van der Waals surface area (Å²) < 4.78 is 4.16. The van der Waals surface area contributed by atoms with Crippen LogP contribution in [0.15, 0.2) is 18.7 Å². The van der Waals surface area contributed by atoms with E-state index >= 15 is 0 Å². The van der Waals surface area contributed by atoms with Gasteiger partial charge in [0.15, 0.2) is 0 Å². The Hall–Kier alpha value is 0.170. The SMILES string of the molecule is C[n+]1ccn(CCBr)c1.[Br-]. The van der Waals surface area contributed by atoms with Crippen molar-refractivity contribution in [2.45, 2.75) is 6.54 Å². The predicted octanol–water partition coefficient (Wildman–Crippen LogP) is -2.29. The summed E-state index contributed by atoms with van der Waals surface area (Å²) in [5.41, 5.74) is 0. The van der Waals surface area contributed by atoms with Gasteiger partial charge in [0.1, 0.15) is 12.4 Å². The first kappa shape index (κ1) is 10.2. The zero-order chi connectivity index (χ0) is 6.69. The molecule has 0 aliphatic rings. The van der Waals surface area contributed by atoms with Gasteiger partial charge in [-0.05, 0) is 0 Å². The molecule has 10 heavy (non-hydrogen) atoms. The monoisotopic (exact) mass is 268 g/mol. The lowest BCUT2D eigenvalue weighted by Crippen LogP contribution is -3.00. The van der Waals surface area contributed by atoms with Crippen LogP contribution in [0, 0.1) is 0 Å². The highest BCUT2D eigenvalue weighted by Gasteiger charge is 1.95. The Balaban J connectivity index is 0.000000810. The number of rotatable bonds is 2. The van der Waals surface area contributed by atoms with Crippen molar-refractivity contribution in [2.24, 2.45) is 7.05 Å². The van der Waals surface area contributed by atoms with Crippen molar-refractivity contribution in [3.8, 4) is 0 Å². The van der Waals surface area contributed by atoms with Crippen LogP contribution in [0.4, 0.5) is 0 Å². The molecule has 0 bridgehead atoms. The highest BCUT2D eigenvalue weighted by molar-refractivity contribution is 9.09. The van der Waals surface area contributed by atoms with Gasteiger partial charge in [-0.1, -0.05) is 15.9 Å². The minimum Gasteiger partial charge on any atom is -1.00 e. The Morgan fingerprint density at radius 1 is 1.60 bits per heavy atom. The Bertz CT molecular complexity index is 186. The van der Waals surface area contributed by atoms with Crippen molar-refractivity contribution in [1.82, 2.24) is 4.57 Å². The number of alkyl halides is 1. The third-order valence-electron chi connectivity index (χ3n) is 1.17. The zero-order valence-electron chi connectivity index (χ0n) is 5.80. The highest BCUT2D eigenvalue weighted by atomic mass is 79.9. The Labute approximate surface area is 79.8 Å². The van der Waals surface area contributed by atoms with Gasteiger partial charge in [0, 0.05) is 5.33 Å². The van der Waals surface area contributed by atoms with E-state index in [1.54, 1.807) is 0 Å². The molecular weight excluding hydrogens is 260 g/mol. The summed E-state index contributed by atoms with van der Waals surface area (Å²) in [6.45, 7) is 1.04. The minimum atomic E-state index is 0. The number of halogens is 2. The molecule has 1 heterocycles. The van der Waals surface area contributed by atoms with E-state index in [9.17, 15) is 0 Å². The van der Waals surface area contributed by atoms with Gasteiger partial charge in [-0.2, -0.15) is 0 Å². The fourth-order valence-corrected chi connectivity index (χ4v) is 1.14. The first-order chi connectivity index (χ1) is 4.33. The molecule has 2 nitrogen and oxygen atoms in total. The molecule has 0 spiro atoms. The lowest BCUT2D eigenvalue weighted by Gasteiger charge is -1.85. The molecule has 0 aliphatic heterocycles. The van der Waals surface area contributed by atoms with Crippen molar-refractivity contribution in [1.29, 1.82) is 0 Å². The highest BCUT2D eigenvalue weighted by Crippen LogP contribution is 1.86. The molecule has 0 fully saturated rings. The third-order valence-corrected chi connectivity index (χ3v) is 1.52. The van der Waals surface area contributed by atoms with Crippen molar-refractivity contribution < 1.29 is 21.5 Å². The van der Waals surface area contributed by atoms with Crippen LogP contribution in [0.2, 0.25) is 0 Å². The molecule has 0 N–H and O–H groups in total. The van der Waals surface area contributed by atoms with Gasteiger partial charge >= 0.3 is 0 Å². The van der Waals surface area contributed by atoms with E-state index in [0.29, 0.717) is 0 Å². The van der Waals surface area contributed by atoms with E-state index in [4.69, 9.17) is 0 Å². The largest absolute Gasteiger partial charge is 1.00 e. The van der Waals surface area contributed by atoms with Crippen LogP contribution in [0.3, 0.4) is 0 Å². The smallest absolute Gasteiger partial charge is 0.243 e. The van der Waals surface area contributed by atoms with Gasteiger partial charge in [0.05, 0.1) is 13.6 Å². The standard InChI is InChI=1S/C6H10BrN2.BrH/c1-8-4-5-9(6-8)3-2-7;/h4-6H,2-3H2,1H3;1H/q+1;/p-1. The van der Waals surface area contributed by atoms with Crippen LogP contribution in [-0.2, 0) is 13.6 Å². The minimum absolute atomic E-state index is 0. The summed E-state index contributed by atoms with van der Waals surface area (Å²) in [5, 5.41) is 1.02. The summed E-state index contributed by atoms with van der Waals surface area (Å²) >= 11 is 3.37. The predicted molar refractivity (Wildman–Crippen MR) is 39.4 cm³/mol. The zero-order valence-corrected chi connectivity index (χ0v) is 8.97. The molecule has 58 valence electrons. The molecule has 0 radical (unpaired) electrons. The fraction of sp³-hybridized carbons (Fsp3) is 0.500. The van der Waals surface area contributed by atoms with Crippen LogP contribution in [0.1, 0.15) is 0 Å². The van der Waals surface area contributed by atoms with E-state index in [1.165, 1.54) is 0 Å². The summed E-state index contributed by atoms with van der Waals surface area (Å²) in [6, 6.07) is 0. The van der Waals surface area contributed by atoms with Gasteiger partial charge in [0.25, 0.3) is 0 Å². The Morgan fingerprint density at radius 3 is 2.70 bits per heavy atom. The first-order valence-corrected chi connectivity index (χ1v) is 4.02. The molecular formula is C6H10Br2N2. The van der Waals surface area contributed by atoms with E-state index in [0.717, 1.165) is 11.9 Å². The van der Waals surface area contributed by atoms with Crippen molar-refractivity contribution in [3.63, 3.8) is 0 Å². The summed E-state index contributed by atoms with van der Waals surface area (Å²) in [6.07, 6.45) is 6.14. The number of aromatic nitrogens is 2. The Morgan fingerprint density at radius 2 is 2.30 bits per heavy atom. The van der Waals surface area contributed by atoms with Gasteiger partial charge < -0.3 is 17.0 Å². The molecule has 0 saturated carbocycles. The maximum absolute atomic E-state index is 3.37. The second-order valence-electron chi connectivity index (χ2n) is 2.01. The number of imidazole rings is 1. The quantitative estimate of drug-likeness (QED) is 0.422. The van der Waals surface area contributed by atoms with Gasteiger partial charge in [-0.25, -0.2) is 9.13 Å². The average Bonchev–Trinajstić information content (AvgIpc) is 2.17. The molecule has 4 heteroatoms. The third kappa shape index (κ3) is 2.84. The molecule has 0 saturated heterocycles. The number of hydrogen-bond donors (Lipinski definition) is 0. The molecule has 1 aromatic rings. The maximum atomic E-state index is 3.37. The molecule has 0 amide bonds. The lowest BCUT2D eigenvalue weighted by molar-refractivity contribution is -0.671. The number of nitrogens with zero attached hydrogens (tertiary/aromatic N) is 2. The molecule has 0 unspecified atom stereocenters. The summed E-state index contributed by atoms with van der Waals surface area (Å²) in [5.74, 6) is 0. The van der Waals surface area contributed by atoms with Crippen LogP contribution >= 0.6 is 15.9 Å². The molecule has 0 atom stereocenters. The molecule has 0 aliphatic carbocycles. The van der Waals surface area contributed by atoms with Gasteiger partial charge in [0.2, 0.25) is 6.33 Å². The fourth-order valence-electron chi connectivity index (χ4n) is 0.732. The van der Waals surface area contributed by atoms with Crippen LogP contribution in [-0.4, -0.2) is 9.90 Å². The average molecular weight is 270 g/mol. The summed E-state index contributed by atoms with van der Waals surface area (Å²) in [7, 11) is 2.02. The van der Waals surface area contributed by atoms with Crippen molar-refractivity contribution >= 4 is 15.9 Å². The van der Waals surface area contributed by atoms with E-state index in [2.05, 4.69) is 33.0 Å². The molecule has 1 rings (SSSR count). The van der Waals surface area contributed by atoms with Crippen LogP contribution in [0.25, 0.3) is 0 Å². The number of aryl methyl sites for hydroxylation is 2. The van der Waals surface area contributed by atoms with Gasteiger partial charge in [-0.3, -0.25) is 0 Å². The number of hydrogen-bond acceptors (Lipinski definition) is 0. The topological polar surface area (TPSA) is 8.81 Å². The van der Waals surface area contributed by atoms with Crippen molar-refractivity contribution in [2.75, 3.05) is 5.33 Å². The van der Waals surface area contributed by atoms with Crippen molar-refractivity contribution in [3.05, 3.63) is 18.7 Å². The first-order valence-electron chi connectivity index (χ1n) is 2.90. The van der Waals surface area contributed by atoms with E-state index < -0.39 is 0 Å². The summed E-state index contributed by atoms with van der Waals surface area (Å²) in [4.78, 5) is 0. The normalized spacial score (nSPS) is 9.00. The van der Waals surface area contributed by atoms with Crippen LogP contribution < -0.4 is 21.5 Å². The molecule has 1 aromatic heterocycles. The van der Waals surface area contributed by atoms with Crippen LogP contribution in [0.5, 0.6) is 0 Å². The second-order valence-corrected chi connectivity index (χ2v) is 2.80. The Kier molecular flexibility index (Phi) is 4.99. The second kappa shape index (κ2) is 4.91. The van der Waals surface area contributed by atoms with E-state index in [-0.39, 0.29) is 17.0 Å². The maximum Gasteiger partial charge on any atom is 0.243 e. The van der Waals surface area contributed by atoms with Gasteiger partial charge in [-0.15, -0.1) is 0 Å².